The summed E-state index contributed by atoms with van der Waals surface area (Å²) >= 11 is 1.50. The highest BCUT2D eigenvalue weighted by molar-refractivity contribution is 7.08. The molecule has 4 aromatic heterocycles. The smallest absolute Gasteiger partial charge is 0.270 e. The zero-order valence-corrected chi connectivity index (χ0v) is 22.8. The van der Waals surface area contributed by atoms with Gasteiger partial charge in [-0.1, -0.05) is 19.1 Å². The fraction of sp³-hybridized carbons (Fsp3) is 0.241. The van der Waals surface area contributed by atoms with E-state index in [2.05, 4.69) is 15.7 Å². The van der Waals surface area contributed by atoms with Crippen LogP contribution < -0.4 is 10.6 Å². The molecule has 10 heteroatoms. The molecule has 0 aliphatic heterocycles. The van der Waals surface area contributed by atoms with Crippen molar-refractivity contribution < 1.29 is 14.7 Å². The molecule has 0 spiro atoms. The number of aliphatic hydroxyl groups excluding tert-OH is 1. The van der Waals surface area contributed by atoms with Gasteiger partial charge in [-0.15, -0.1) is 0 Å². The van der Waals surface area contributed by atoms with Crippen molar-refractivity contribution in [1.82, 2.24) is 29.8 Å². The van der Waals surface area contributed by atoms with Crippen molar-refractivity contribution in [3.8, 4) is 16.9 Å². The molecule has 0 aliphatic carbocycles. The Kier molecular flexibility index (Phi) is 7.58. The molecule has 200 valence electrons. The van der Waals surface area contributed by atoms with Gasteiger partial charge in [0.05, 0.1) is 29.6 Å². The van der Waals surface area contributed by atoms with Crippen LogP contribution in [-0.2, 0) is 6.54 Å². The molecule has 0 fully saturated rings. The predicted molar refractivity (Wildman–Crippen MR) is 151 cm³/mol. The Morgan fingerprint density at radius 3 is 2.54 bits per heavy atom. The third-order valence-electron chi connectivity index (χ3n) is 6.60. The first kappa shape index (κ1) is 26.3. The molecule has 9 nitrogen and oxygen atoms in total. The molecule has 1 aromatic carbocycles. The summed E-state index contributed by atoms with van der Waals surface area (Å²) in [6.45, 7) is 6.03. The molecule has 39 heavy (non-hydrogen) atoms. The SMILES string of the molecule is CC[C@H](CO)NC(=O)c1c(-c2ccsc2)nc2c(C(=O)NCc3ccc(-n4nc(C)cc4C)cc3)cccn12. The van der Waals surface area contributed by atoms with Gasteiger partial charge in [-0.2, -0.15) is 16.4 Å². The van der Waals surface area contributed by atoms with Crippen LogP contribution in [0.5, 0.6) is 0 Å². The van der Waals surface area contributed by atoms with E-state index in [1.165, 1.54) is 11.3 Å². The van der Waals surface area contributed by atoms with Crippen LogP contribution in [0.2, 0.25) is 0 Å². The van der Waals surface area contributed by atoms with Crippen molar-refractivity contribution in [2.45, 2.75) is 39.8 Å². The Hall–Kier alpha value is -4.28. The quantitative estimate of drug-likeness (QED) is 0.257. The maximum absolute atomic E-state index is 13.3. The molecule has 3 N–H and O–H groups in total. The van der Waals surface area contributed by atoms with E-state index in [1.807, 2.05) is 72.6 Å². The Labute approximate surface area is 230 Å². The number of aryl methyl sites for hydroxylation is 2. The zero-order valence-electron chi connectivity index (χ0n) is 22.0. The van der Waals surface area contributed by atoms with Gasteiger partial charge in [0.15, 0.2) is 5.65 Å². The lowest BCUT2D eigenvalue weighted by Crippen LogP contribution is -2.37. The summed E-state index contributed by atoms with van der Waals surface area (Å²) in [7, 11) is 0. The molecule has 0 saturated carbocycles. The van der Waals surface area contributed by atoms with E-state index in [9.17, 15) is 14.7 Å². The standard InChI is InChI=1S/C29H30N6O3S/c1-4-22(16-36)31-29(38)26-25(21-11-13-39-17-21)32-27-24(6-5-12-34(26)27)28(37)30-15-20-7-9-23(10-8-20)35-19(3)14-18(2)33-35/h5-14,17,22,36H,4,15-16H2,1-3H3,(H,30,37)(H,31,38)/t22-/m1/s1. The lowest BCUT2D eigenvalue weighted by molar-refractivity contribution is 0.0907. The van der Waals surface area contributed by atoms with Gasteiger partial charge in [-0.3, -0.25) is 14.0 Å². The topological polar surface area (TPSA) is 114 Å². The van der Waals surface area contributed by atoms with E-state index in [-0.39, 0.29) is 24.5 Å². The molecule has 2 amide bonds. The molecule has 0 unspecified atom stereocenters. The number of thiophene rings is 1. The summed E-state index contributed by atoms with van der Waals surface area (Å²) in [6.07, 6.45) is 2.31. The van der Waals surface area contributed by atoms with Crippen LogP contribution in [0.25, 0.3) is 22.6 Å². The summed E-state index contributed by atoms with van der Waals surface area (Å²) in [5.41, 5.74) is 6.26. The number of imidazole rings is 1. The molecule has 1 atom stereocenters. The van der Waals surface area contributed by atoms with E-state index >= 15 is 0 Å². The van der Waals surface area contributed by atoms with Crippen LogP contribution in [0, 0.1) is 13.8 Å². The number of pyridine rings is 1. The van der Waals surface area contributed by atoms with Crippen LogP contribution in [0.4, 0.5) is 0 Å². The molecule has 0 radical (unpaired) electrons. The van der Waals surface area contributed by atoms with Gasteiger partial charge in [0.2, 0.25) is 0 Å². The Balaban J connectivity index is 1.41. The molecular weight excluding hydrogens is 512 g/mol. The number of carbonyl (C=O) groups excluding carboxylic acids is 2. The zero-order chi connectivity index (χ0) is 27.5. The number of amides is 2. The van der Waals surface area contributed by atoms with Crippen LogP contribution >= 0.6 is 11.3 Å². The second kappa shape index (κ2) is 11.2. The van der Waals surface area contributed by atoms with Gasteiger partial charge < -0.3 is 15.7 Å². The first-order valence-electron chi connectivity index (χ1n) is 12.8. The van der Waals surface area contributed by atoms with E-state index in [0.29, 0.717) is 35.6 Å². The Bertz CT molecular complexity index is 1610. The highest BCUT2D eigenvalue weighted by atomic mass is 32.1. The number of aliphatic hydroxyl groups is 1. The summed E-state index contributed by atoms with van der Waals surface area (Å²) < 4.78 is 3.53. The van der Waals surface area contributed by atoms with E-state index in [4.69, 9.17) is 4.98 Å². The number of fused-ring (bicyclic) bond motifs is 1. The second-order valence-electron chi connectivity index (χ2n) is 9.39. The van der Waals surface area contributed by atoms with Crippen LogP contribution in [-0.4, -0.2) is 48.7 Å². The maximum atomic E-state index is 13.3. The van der Waals surface area contributed by atoms with Gasteiger partial charge in [0.25, 0.3) is 11.8 Å². The molecule has 0 bridgehead atoms. The molecule has 0 saturated heterocycles. The molecule has 5 rings (SSSR count). The van der Waals surface area contributed by atoms with Crippen molar-refractivity contribution in [3.05, 3.63) is 93.7 Å². The first-order valence-corrected chi connectivity index (χ1v) is 13.7. The van der Waals surface area contributed by atoms with Gasteiger partial charge >= 0.3 is 0 Å². The predicted octanol–water partition coefficient (Wildman–Crippen LogP) is 4.30. The van der Waals surface area contributed by atoms with Gasteiger partial charge in [-0.25, -0.2) is 9.67 Å². The van der Waals surface area contributed by atoms with E-state index in [0.717, 1.165) is 28.2 Å². The number of nitrogens with one attached hydrogen (secondary N) is 2. The minimum atomic E-state index is -0.377. The number of hydrogen-bond donors (Lipinski definition) is 3. The van der Waals surface area contributed by atoms with Crippen molar-refractivity contribution in [2.24, 2.45) is 0 Å². The fourth-order valence-corrected chi connectivity index (χ4v) is 5.16. The lowest BCUT2D eigenvalue weighted by atomic mass is 10.1. The van der Waals surface area contributed by atoms with Crippen LogP contribution in [0.3, 0.4) is 0 Å². The van der Waals surface area contributed by atoms with Gasteiger partial charge in [-0.05, 0) is 67.6 Å². The summed E-state index contributed by atoms with van der Waals surface area (Å²) in [5, 5.41) is 23.8. The van der Waals surface area contributed by atoms with Crippen molar-refractivity contribution in [3.63, 3.8) is 0 Å². The second-order valence-corrected chi connectivity index (χ2v) is 10.2. The average molecular weight is 543 g/mol. The van der Waals surface area contributed by atoms with Crippen LogP contribution in [0.1, 0.15) is 51.1 Å². The Morgan fingerprint density at radius 1 is 1.10 bits per heavy atom. The number of rotatable bonds is 9. The number of benzene rings is 1. The first-order chi connectivity index (χ1) is 18.9. The third-order valence-corrected chi connectivity index (χ3v) is 7.28. The maximum Gasteiger partial charge on any atom is 0.270 e. The number of hydrogen-bond acceptors (Lipinski definition) is 6. The number of nitrogens with zero attached hydrogens (tertiary/aromatic N) is 4. The molecule has 5 aromatic rings. The summed E-state index contributed by atoms with van der Waals surface area (Å²) in [5.74, 6) is -0.649. The van der Waals surface area contributed by atoms with E-state index in [1.54, 1.807) is 22.7 Å². The summed E-state index contributed by atoms with van der Waals surface area (Å²) in [6, 6.07) is 14.8. The number of aromatic nitrogens is 4. The highest BCUT2D eigenvalue weighted by Gasteiger charge is 2.25. The van der Waals surface area contributed by atoms with E-state index < -0.39 is 0 Å². The third kappa shape index (κ3) is 5.34. The Morgan fingerprint density at radius 2 is 1.90 bits per heavy atom. The largest absolute Gasteiger partial charge is 0.394 e. The fourth-order valence-electron chi connectivity index (χ4n) is 4.52. The normalized spacial score (nSPS) is 12.0. The lowest BCUT2D eigenvalue weighted by Gasteiger charge is -2.14. The van der Waals surface area contributed by atoms with Crippen molar-refractivity contribution in [2.75, 3.05) is 6.61 Å². The van der Waals surface area contributed by atoms with Crippen molar-refractivity contribution in [1.29, 1.82) is 0 Å². The highest BCUT2D eigenvalue weighted by Crippen LogP contribution is 2.28. The summed E-state index contributed by atoms with van der Waals surface area (Å²) in [4.78, 5) is 31.4. The monoisotopic (exact) mass is 542 g/mol. The molecule has 0 aliphatic rings. The van der Waals surface area contributed by atoms with Gasteiger partial charge in [0, 0.05) is 29.4 Å². The minimum Gasteiger partial charge on any atom is -0.394 e. The number of carbonyl (C=O) groups is 2. The molecular formula is C29H30N6O3S. The van der Waals surface area contributed by atoms with Gasteiger partial charge in [0.1, 0.15) is 11.4 Å². The minimum absolute atomic E-state index is 0.164. The van der Waals surface area contributed by atoms with Crippen LogP contribution in [0.15, 0.2) is 65.5 Å². The average Bonchev–Trinajstić information content (AvgIpc) is 3.68. The molecule has 4 heterocycles. The van der Waals surface area contributed by atoms with Crippen molar-refractivity contribution >= 4 is 28.8 Å².